The lowest BCUT2D eigenvalue weighted by molar-refractivity contribution is -0.401. The second kappa shape index (κ2) is 56.1. The van der Waals surface area contributed by atoms with Crippen LogP contribution in [0, 0.1) is 0 Å². The topological polar surface area (TPSA) is 731 Å². The first-order valence-electron chi connectivity index (χ1n) is 48.4. The van der Waals surface area contributed by atoms with Gasteiger partial charge in [0.2, 0.25) is 70.7 Å². The Bertz CT molecular complexity index is 5160. The fourth-order valence-corrected chi connectivity index (χ4v) is 17.1. The van der Waals surface area contributed by atoms with Gasteiger partial charge < -0.3 is 154 Å². The van der Waals surface area contributed by atoms with E-state index in [9.17, 15) is 114 Å². The molecule has 3 aromatic heterocycles. The van der Waals surface area contributed by atoms with E-state index in [1.807, 2.05) is 6.07 Å². The number of aromatic nitrogens is 9. The predicted octanol–water partition coefficient (Wildman–Crippen LogP) is -6.86. The summed E-state index contributed by atoms with van der Waals surface area (Å²) in [5.74, 6) is -7.08. The lowest BCUT2D eigenvalue weighted by Crippen LogP contribution is -2.59. The van der Waals surface area contributed by atoms with Gasteiger partial charge in [-0.2, -0.15) is 4.58 Å². The number of aliphatic hydroxyl groups excluding tert-OH is 12. The first-order valence-corrected chi connectivity index (χ1v) is 48.4. The molecule has 0 spiro atoms. The van der Waals surface area contributed by atoms with Gasteiger partial charge in [0.15, 0.2) is 24.6 Å². The molecule has 5 aliphatic heterocycles. The summed E-state index contributed by atoms with van der Waals surface area (Å²) in [7, 11) is 2.10. The lowest BCUT2D eigenvalue weighted by atomic mass is 9.81. The van der Waals surface area contributed by atoms with Gasteiger partial charge in [0.1, 0.15) is 116 Å². The second-order valence-corrected chi connectivity index (χ2v) is 36.8. The first-order chi connectivity index (χ1) is 68.9. The van der Waals surface area contributed by atoms with Crippen LogP contribution in [0.4, 0.5) is 11.4 Å². The predicted molar refractivity (Wildman–Crippen MR) is 505 cm³/mol. The van der Waals surface area contributed by atoms with Crippen LogP contribution in [0.25, 0.3) is 0 Å². The summed E-state index contributed by atoms with van der Waals surface area (Å²) in [6, 6.07) is 12.8. The molecule has 18 atom stereocenters. The molecule has 0 radical (unpaired) electrons. The number of nitrogens with two attached hydrogens (primary N) is 1. The van der Waals surface area contributed by atoms with E-state index in [1.165, 1.54) is 55.2 Å². The number of allylic oxidation sites excluding steroid dienone is 4. The molecule has 0 bridgehead atoms. The van der Waals surface area contributed by atoms with Crippen LogP contribution in [0.5, 0.6) is 0 Å². The van der Waals surface area contributed by atoms with Crippen LogP contribution in [-0.4, -0.2) is 371 Å². The summed E-state index contributed by atoms with van der Waals surface area (Å²) in [6.07, 6.45) is -10.9. The zero-order chi connectivity index (χ0) is 104. The summed E-state index contributed by atoms with van der Waals surface area (Å²) in [5.41, 5.74) is 12.8. The molecule has 3 fully saturated rings. The third kappa shape index (κ3) is 33.1. The van der Waals surface area contributed by atoms with E-state index in [-0.39, 0.29) is 171 Å². The van der Waals surface area contributed by atoms with Crippen molar-refractivity contribution < 1.29 is 147 Å². The summed E-state index contributed by atoms with van der Waals surface area (Å²) >= 11 is 0. The van der Waals surface area contributed by atoms with Crippen LogP contribution in [0.1, 0.15) is 165 Å². The minimum atomic E-state index is -1.67. The van der Waals surface area contributed by atoms with E-state index in [1.54, 1.807) is 0 Å². The monoisotopic (exact) mass is 2030 g/mol. The van der Waals surface area contributed by atoms with Crippen molar-refractivity contribution in [1.29, 1.82) is 0 Å². The maximum Gasteiger partial charge on any atom is 0.243 e. The maximum atomic E-state index is 14.1. The number of hydrogen-bond acceptors (Lipinski definition) is 36. The van der Waals surface area contributed by atoms with Gasteiger partial charge in [0, 0.05) is 106 Å². The van der Waals surface area contributed by atoms with Crippen LogP contribution >= 0.6 is 0 Å². The molecule has 24 N–H and O–H groups in total. The molecular weight excluding hydrogens is 1890 g/mol. The Balaban J connectivity index is 0.703. The van der Waals surface area contributed by atoms with Crippen molar-refractivity contribution in [2.75, 3.05) is 84.3 Å². The number of hydrogen-bond donors (Lipinski definition) is 23. The summed E-state index contributed by atoms with van der Waals surface area (Å²) in [6.45, 7) is 6.31. The first kappa shape index (κ1) is 114. The van der Waals surface area contributed by atoms with Crippen LogP contribution < -0.4 is 63.8 Å². The van der Waals surface area contributed by atoms with Gasteiger partial charge in [0.05, 0.1) is 109 Å². The number of benzene rings is 2. The largest absolute Gasteiger partial charge is 0.394 e. The van der Waals surface area contributed by atoms with Gasteiger partial charge in [-0.3, -0.25) is 52.7 Å². The average Bonchev–Trinajstić information content (AvgIpc) is 1.59. The highest BCUT2D eigenvalue weighted by molar-refractivity contribution is 6.03. The SMILES string of the molecule is C[N+]1=C(/C=C/C=C2\N(CCCCC(=O)NCCCCCC(=O)NC(CCC(=O)NCc3cn(CCO[C@H]4O[C@H](CO)[C@@H](O)[C@H](O)[C@@H]4O)nn3)C(=O)NCCCC(=O)NC(CCC(=O)NCc3cn(CCO[C@H]4O[C@H](CO)[C@@H](O)[C@H](O)[C@@H]4O)nn3)C(=O)NCCCC(=O)NC(CCC(=O)NCc3cn(CCO[C@H]4O[C@H](CO)[C@@H](O)[C@H](O)[C@@H]4O)nn3)C(=O)NCC(N)=O)c3ccccc3C2(C)C)C(C)(C)c2ccccc21. The fourth-order valence-electron chi connectivity index (χ4n) is 17.1. The van der Waals surface area contributed by atoms with Crippen molar-refractivity contribution in [1.82, 2.24) is 98.1 Å². The van der Waals surface area contributed by atoms with Crippen molar-refractivity contribution >= 4 is 82.1 Å². The number of nitrogens with zero attached hydrogens (tertiary/aromatic N) is 11. The quantitative estimate of drug-likeness (QED) is 0.0127. The van der Waals surface area contributed by atoms with Gasteiger partial charge in [-0.15, -0.1) is 15.3 Å². The molecule has 10 rings (SSSR count). The minimum Gasteiger partial charge on any atom is -0.394 e. The standard InChI is InChI=1S/C93H138N22O29/c1-92(2)57-18-8-10-20-62(57)111(5)67(92)22-15-23-68-93(3,4)58-19-9-11-21-63(58)115(68)37-14-12-24-70(120)95-34-13-6-7-25-74(124)102-59(28-31-71(121)98-44-54-48-112(108-105-54)38-41-139-89-83(133)80(130)77(127)64(51-116)142-89)86(136)96-35-16-26-75(125)103-60(29-32-72(122)99-45-55-49-113(109-106-55)39-42-140-90-84(134)81(131)78(128)65(52-117)143-90)87(137)97-36-17-27-76(126)104-61(88(138)101-47-69(94)119)30-33-73(123)100-46-56-50-114(110-107-56)40-43-141-91-85(135)82(132)79(129)66(53-118)144-91/h8-11,15,18-23,48-50,59-61,64-66,77-85,89-91,116-118,127-135H,6-7,12-14,16-17,24-47,51-53H2,1-5H3,(H11-,94,95,96,97,98,99,100,101,102,103,104,119,120,121,122,123,124,125,126,136,137,138)/p+1/t59?,60?,61?,64-,65-,66-,77-,78-,79-,80+,81+,82+,83+,84+,85+,89+,90+,91+/m1/s1. The number of amides is 11. The normalized spacial score (nSPS) is 23.5. The molecule has 0 aliphatic carbocycles. The molecule has 2 aromatic carbocycles. The number of unbranched alkanes of at least 4 members (excludes halogenated alkanes) is 3. The Hall–Kier alpha value is -11.7. The van der Waals surface area contributed by atoms with Crippen molar-refractivity contribution in [3.8, 4) is 0 Å². The molecule has 8 heterocycles. The van der Waals surface area contributed by atoms with Gasteiger partial charge >= 0.3 is 0 Å². The van der Waals surface area contributed by atoms with Crippen LogP contribution in [0.3, 0.4) is 0 Å². The van der Waals surface area contributed by atoms with E-state index < -0.39 is 196 Å². The third-order valence-electron chi connectivity index (χ3n) is 25.3. The zero-order valence-corrected chi connectivity index (χ0v) is 81.3. The molecule has 51 nitrogen and oxygen atoms in total. The summed E-state index contributed by atoms with van der Waals surface area (Å²) < 4.78 is 39.0. The zero-order valence-electron chi connectivity index (χ0n) is 81.3. The highest BCUT2D eigenvalue weighted by Gasteiger charge is 2.49. The molecule has 3 unspecified atom stereocenters. The Labute approximate surface area is 830 Å². The number of rotatable bonds is 59. The Morgan fingerprint density at radius 3 is 1.22 bits per heavy atom. The molecular formula is C93H139N22O29+. The second-order valence-electron chi connectivity index (χ2n) is 36.8. The molecule has 144 heavy (non-hydrogen) atoms. The van der Waals surface area contributed by atoms with Gasteiger partial charge in [-0.05, 0) is 89.3 Å². The highest BCUT2D eigenvalue weighted by Crippen LogP contribution is 2.48. The van der Waals surface area contributed by atoms with Gasteiger partial charge in [-0.1, -0.05) is 78.4 Å². The number of para-hydroxylation sites is 2. The molecule has 3 saturated heterocycles. The summed E-state index contributed by atoms with van der Waals surface area (Å²) in [5, 5.41) is 171. The van der Waals surface area contributed by atoms with E-state index in [4.69, 9.17) is 34.2 Å². The molecule has 11 amide bonds. The Kier molecular flexibility index (Phi) is 44.5. The van der Waals surface area contributed by atoms with E-state index in [2.05, 4.69) is 189 Å². The van der Waals surface area contributed by atoms with Crippen molar-refractivity contribution in [3.05, 3.63) is 119 Å². The van der Waals surface area contributed by atoms with Crippen LogP contribution in [0.2, 0.25) is 0 Å². The summed E-state index contributed by atoms with van der Waals surface area (Å²) in [4.78, 5) is 150. The Morgan fingerprint density at radius 1 is 0.431 bits per heavy atom. The molecule has 5 aliphatic rings. The maximum absolute atomic E-state index is 14.1. The van der Waals surface area contributed by atoms with E-state index in [0.29, 0.717) is 50.9 Å². The Morgan fingerprint density at radius 2 is 0.806 bits per heavy atom. The molecule has 0 saturated carbocycles. The highest BCUT2D eigenvalue weighted by atomic mass is 16.7. The average molecular weight is 2030 g/mol. The van der Waals surface area contributed by atoms with Crippen LogP contribution in [-0.2, 0) is 131 Å². The van der Waals surface area contributed by atoms with Gasteiger partial charge in [-0.25, -0.2) is 14.0 Å². The van der Waals surface area contributed by atoms with Crippen molar-refractivity contribution in [3.63, 3.8) is 0 Å². The fraction of sp³-hybridized carbons (Fsp3) is 0.634. The smallest absolute Gasteiger partial charge is 0.243 e. The number of primary amides is 1. The number of fused-ring (bicyclic) bond motifs is 2. The molecule has 5 aromatic rings. The van der Waals surface area contributed by atoms with Crippen LogP contribution in [0.15, 0.2) is 91.0 Å². The number of aliphatic hydroxyl groups is 12. The lowest BCUT2D eigenvalue weighted by Gasteiger charge is -2.39. The number of nitrogens with one attached hydrogen (secondary N) is 10. The number of carbonyl (C=O) groups is 11. The number of carbonyl (C=O) groups excluding carboxylic acids is 11. The van der Waals surface area contributed by atoms with Crippen molar-refractivity contribution in [2.45, 2.75) is 297 Å². The number of ether oxygens (including phenoxy) is 6. The van der Waals surface area contributed by atoms with E-state index in [0.717, 1.165) is 17.8 Å². The third-order valence-corrected chi connectivity index (χ3v) is 25.3. The van der Waals surface area contributed by atoms with E-state index >= 15 is 0 Å². The van der Waals surface area contributed by atoms with Crippen molar-refractivity contribution in [2.24, 2.45) is 5.73 Å². The molecule has 794 valence electrons. The number of anilines is 1. The van der Waals surface area contributed by atoms with Gasteiger partial charge in [0.25, 0.3) is 0 Å². The minimum absolute atomic E-state index is 0.0271. The molecule has 51 heteroatoms.